The fraction of sp³-hybridized carbons (Fsp3) is 0.769. The number of hydrogen-bond acceptors (Lipinski definition) is 4. The summed E-state index contributed by atoms with van der Waals surface area (Å²) in [6, 6.07) is 0.0488. The van der Waals surface area contributed by atoms with Crippen LogP contribution in [0.2, 0.25) is 0 Å². The van der Waals surface area contributed by atoms with Gasteiger partial charge in [-0.3, -0.25) is 4.68 Å². The molecule has 1 aliphatic rings. The molecule has 1 saturated carbocycles. The van der Waals surface area contributed by atoms with E-state index in [1.54, 1.807) is 21.0 Å². The maximum absolute atomic E-state index is 12.8. The summed E-state index contributed by atoms with van der Waals surface area (Å²) in [6.07, 6.45) is 4.25. The minimum atomic E-state index is -3.59. The highest BCUT2D eigenvalue weighted by Gasteiger charge is 2.36. The Morgan fingerprint density at radius 1 is 1.35 bits per heavy atom. The Labute approximate surface area is 121 Å². The Balaban J connectivity index is 2.39. The molecule has 0 aliphatic heterocycles. The van der Waals surface area contributed by atoms with Gasteiger partial charge in [0.25, 0.3) is 0 Å². The Hall–Kier alpha value is -1.08. The molecule has 0 radical (unpaired) electrons. The molecule has 2 N–H and O–H groups in total. The van der Waals surface area contributed by atoms with Gasteiger partial charge in [0.2, 0.25) is 10.0 Å². The van der Waals surface area contributed by atoms with Crippen LogP contribution in [0.5, 0.6) is 0 Å². The van der Waals surface area contributed by atoms with Crippen LogP contribution in [0.15, 0.2) is 4.90 Å². The predicted molar refractivity (Wildman–Crippen MR) is 78.7 cm³/mol. The fourth-order valence-electron chi connectivity index (χ4n) is 3.09. The summed E-state index contributed by atoms with van der Waals surface area (Å²) in [5.41, 5.74) is 6.37. The Kier molecular flexibility index (Phi) is 4.11. The van der Waals surface area contributed by atoms with Gasteiger partial charge in [0.15, 0.2) is 5.82 Å². The zero-order chi connectivity index (χ0) is 15.1. The average Bonchev–Trinajstić information content (AvgIpc) is 2.63. The number of aryl methyl sites for hydroxylation is 1. The molecule has 2 atom stereocenters. The molecule has 1 fully saturated rings. The van der Waals surface area contributed by atoms with Gasteiger partial charge in [-0.1, -0.05) is 19.8 Å². The van der Waals surface area contributed by atoms with E-state index in [-0.39, 0.29) is 16.8 Å². The van der Waals surface area contributed by atoms with Gasteiger partial charge in [-0.25, -0.2) is 8.42 Å². The normalized spacial score (nSPS) is 24.2. The van der Waals surface area contributed by atoms with Crippen molar-refractivity contribution < 1.29 is 8.42 Å². The van der Waals surface area contributed by atoms with Crippen molar-refractivity contribution in [2.24, 2.45) is 13.0 Å². The lowest BCUT2D eigenvalue weighted by Gasteiger charge is -2.35. The second kappa shape index (κ2) is 5.37. The summed E-state index contributed by atoms with van der Waals surface area (Å²) in [4.78, 5) is 0.153. The minimum Gasteiger partial charge on any atom is -0.381 e. The molecule has 1 heterocycles. The third-order valence-electron chi connectivity index (χ3n) is 4.47. The number of hydrogen-bond donors (Lipinski definition) is 1. The molecule has 1 aromatic heterocycles. The van der Waals surface area contributed by atoms with Gasteiger partial charge in [-0.05, 0) is 25.7 Å². The van der Waals surface area contributed by atoms with E-state index in [2.05, 4.69) is 12.0 Å². The molecule has 0 bridgehead atoms. The summed E-state index contributed by atoms with van der Waals surface area (Å²) in [7, 11) is -0.224. The standard InChI is InChI=1S/C13H24N4O2S/c1-9-7-5-6-8-11(9)17(4)20(18,19)12-10(2)16(3)15-13(12)14/h9,11H,5-8H2,1-4H3,(H2,14,15). The monoisotopic (exact) mass is 300 g/mol. The third kappa shape index (κ3) is 2.44. The van der Waals surface area contributed by atoms with Gasteiger partial charge in [-0.15, -0.1) is 0 Å². The second-order valence-corrected chi connectivity index (χ2v) is 7.71. The molecular weight excluding hydrogens is 276 g/mol. The number of rotatable bonds is 3. The fourth-order valence-corrected chi connectivity index (χ4v) is 4.86. The average molecular weight is 300 g/mol. The van der Waals surface area contributed by atoms with Crippen LogP contribution in [0.25, 0.3) is 0 Å². The minimum absolute atomic E-state index is 0.0488. The van der Waals surface area contributed by atoms with Crippen molar-refractivity contribution in [2.45, 2.75) is 50.5 Å². The lowest BCUT2D eigenvalue weighted by Crippen LogP contribution is -2.42. The largest absolute Gasteiger partial charge is 0.381 e. The van der Waals surface area contributed by atoms with E-state index in [0.717, 1.165) is 19.3 Å². The van der Waals surface area contributed by atoms with Crippen LogP contribution in [-0.4, -0.2) is 35.6 Å². The summed E-state index contributed by atoms with van der Waals surface area (Å²) >= 11 is 0. The maximum atomic E-state index is 12.8. The number of nitrogens with zero attached hydrogens (tertiary/aromatic N) is 3. The lowest BCUT2D eigenvalue weighted by atomic mass is 9.86. The van der Waals surface area contributed by atoms with E-state index < -0.39 is 10.0 Å². The van der Waals surface area contributed by atoms with Gasteiger partial charge >= 0.3 is 0 Å². The van der Waals surface area contributed by atoms with Crippen LogP contribution in [-0.2, 0) is 17.1 Å². The molecule has 7 heteroatoms. The smallest absolute Gasteiger partial charge is 0.248 e. The molecule has 2 unspecified atom stereocenters. The first-order valence-electron chi connectivity index (χ1n) is 7.04. The summed E-state index contributed by atoms with van der Waals surface area (Å²) in [6.45, 7) is 3.85. The van der Waals surface area contributed by atoms with Crippen molar-refractivity contribution >= 4 is 15.8 Å². The molecule has 0 saturated heterocycles. The van der Waals surface area contributed by atoms with Gasteiger partial charge in [0.05, 0.1) is 5.69 Å². The summed E-state index contributed by atoms with van der Waals surface area (Å²) in [5.74, 6) is 0.460. The van der Waals surface area contributed by atoms with Crippen molar-refractivity contribution in [2.75, 3.05) is 12.8 Å². The first-order valence-corrected chi connectivity index (χ1v) is 8.48. The summed E-state index contributed by atoms with van der Waals surface area (Å²) in [5, 5.41) is 4.01. The lowest BCUT2D eigenvalue weighted by molar-refractivity contribution is 0.213. The van der Waals surface area contributed by atoms with Crippen LogP contribution in [0.1, 0.15) is 38.3 Å². The Bertz CT molecular complexity index is 594. The van der Waals surface area contributed by atoms with Crippen LogP contribution in [0.4, 0.5) is 5.82 Å². The Morgan fingerprint density at radius 3 is 2.45 bits per heavy atom. The molecule has 6 nitrogen and oxygen atoms in total. The van der Waals surface area contributed by atoms with E-state index >= 15 is 0 Å². The number of anilines is 1. The SMILES string of the molecule is Cc1c(S(=O)(=O)N(C)C2CCCCC2C)c(N)nn1C. The number of sulfonamides is 1. The van der Waals surface area contributed by atoms with Crippen molar-refractivity contribution in [3.63, 3.8) is 0 Å². The van der Waals surface area contributed by atoms with Crippen LogP contribution in [0.3, 0.4) is 0 Å². The molecule has 1 aliphatic carbocycles. The highest BCUT2D eigenvalue weighted by molar-refractivity contribution is 7.89. The zero-order valence-electron chi connectivity index (χ0n) is 12.6. The van der Waals surface area contributed by atoms with Gasteiger partial charge in [0, 0.05) is 20.1 Å². The highest BCUT2D eigenvalue weighted by Crippen LogP contribution is 2.32. The quantitative estimate of drug-likeness (QED) is 0.917. The van der Waals surface area contributed by atoms with E-state index in [4.69, 9.17) is 5.73 Å². The van der Waals surface area contributed by atoms with Crippen LogP contribution in [0, 0.1) is 12.8 Å². The molecule has 2 rings (SSSR count). The molecular formula is C13H24N4O2S. The van der Waals surface area contributed by atoms with Crippen molar-refractivity contribution in [3.8, 4) is 0 Å². The van der Waals surface area contributed by atoms with Gasteiger partial charge in [0.1, 0.15) is 4.90 Å². The molecule has 0 spiro atoms. The molecule has 20 heavy (non-hydrogen) atoms. The molecule has 1 aromatic rings. The van der Waals surface area contributed by atoms with E-state index in [1.165, 1.54) is 15.4 Å². The number of nitrogens with two attached hydrogens (primary N) is 1. The zero-order valence-corrected chi connectivity index (χ0v) is 13.4. The van der Waals surface area contributed by atoms with Gasteiger partial charge in [-0.2, -0.15) is 9.40 Å². The topological polar surface area (TPSA) is 81.2 Å². The molecule has 0 aromatic carbocycles. The second-order valence-electron chi connectivity index (χ2n) is 5.77. The summed E-state index contributed by atoms with van der Waals surface area (Å²) < 4.78 is 28.7. The van der Waals surface area contributed by atoms with E-state index in [9.17, 15) is 8.42 Å². The molecule has 0 amide bonds. The van der Waals surface area contributed by atoms with E-state index in [1.807, 2.05) is 0 Å². The first-order chi connectivity index (χ1) is 9.26. The first kappa shape index (κ1) is 15.3. The van der Waals surface area contributed by atoms with Crippen molar-refractivity contribution in [1.29, 1.82) is 0 Å². The van der Waals surface area contributed by atoms with Crippen molar-refractivity contribution in [3.05, 3.63) is 5.69 Å². The predicted octanol–water partition coefficient (Wildman–Crippen LogP) is 1.51. The van der Waals surface area contributed by atoms with Crippen LogP contribution >= 0.6 is 0 Å². The maximum Gasteiger partial charge on any atom is 0.248 e. The molecule has 114 valence electrons. The van der Waals surface area contributed by atoms with E-state index in [0.29, 0.717) is 11.6 Å². The Morgan fingerprint density at radius 2 is 1.95 bits per heavy atom. The third-order valence-corrected chi connectivity index (χ3v) is 6.52. The van der Waals surface area contributed by atoms with Crippen molar-refractivity contribution in [1.82, 2.24) is 14.1 Å². The number of nitrogen functional groups attached to an aromatic ring is 1. The van der Waals surface area contributed by atoms with Crippen LogP contribution < -0.4 is 5.73 Å². The highest BCUT2D eigenvalue weighted by atomic mass is 32.2. The number of aromatic nitrogens is 2. The van der Waals surface area contributed by atoms with Gasteiger partial charge < -0.3 is 5.73 Å².